The predicted octanol–water partition coefficient (Wildman–Crippen LogP) is 2.70. The molecule has 0 saturated heterocycles. The minimum atomic E-state index is 0.852. The second-order valence-corrected chi connectivity index (χ2v) is 5.70. The zero-order valence-electron chi connectivity index (χ0n) is 14.7. The highest BCUT2D eigenvalue weighted by molar-refractivity contribution is 5.79. The lowest BCUT2D eigenvalue weighted by atomic mass is 10.2. The Bertz CT molecular complexity index is 426. The fourth-order valence-electron chi connectivity index (χ4n) is 2.32. The lowest BCUT2D eigenvalue weighted by Crippen LogP contribution is -2.39. The molecular formula is C17H32N6. The number of aromatic nitrogens is 3. The fourth-order valence-corrected chi connectivity index (χ4v) is 2.32. The van der Waals surface area contributed by atoms with Crippen LogP contribution < -0.4 is 5.32 Å². The molecule has 23 heavy (non-hydrogen) atoms. The molecular weight excluding hydrogens is 288 g/mol. The molecule has 0 atom stereocenters. The Morgan fingerprint density at radius 1 is 1.22 bits per heavy atom. The van der Waals surface area contributed by atoms with Crippen LogP contribution in [0.25, 0.3) is 0 Å². The lowest BCUT2D eigenvalue weighted by Gasteiger charge is -2.22. The molecule has 6 nitrogen and oxygen atoms in total. The van der Waals surface area contributed by atoms with E-state index in [1.54, 1.807) is 12.7 Å². The summed E-state index contributed by atoms with van der Waals surface area (Å²) < 4.78 is 2.00. The van der Waals surface area contributed by atoms with E-state index in [0.717, 1.165) is 51.4 Å². The van der Waals surface area contributed by atoms with Crippen molar-refractivity contribution in [1.82, 2.24) is 25.0 Å². The van der Waals surface area contributed by atoms with Crippen LogP contribution in [0.3, 0.4) is 0 Å². The van der Waals surface area contributed by atoms with Crippen molar-refractivity contribution in [2.75, 3.05) is 26.7 Å². The SMILES string of the molecule is C=CCCCCCN(C)C(=NCCCCn1cnnc1)NCC. The van der Waals surface area contributed by atoms with Crippen LogP contribution in [-0.4, -0.2) is 52.3 Å². The predicted molar refractivity (Wildman–Crippen MR) is 96.5 cm³/mol. The topological polar surface area (TPSA) is 58.3 Å². The molecule has 1 aromatic heterocycles. The molecule has 0 aliphatic carbocycles. The van der Waals surface area contributed by atoms with E-state index in [2.05, 4.69) is 41.0 Å². The third-order valence-corrected chi connectivity index (χ3v) is 3.65. The summed E-state index contributed by atoms with van der Waals surface area (Å²) in [5, 5.41) is 11.0. The van der Waals surface area contributed by atoms with Gasteiger partial charge in [0.15, 0.2) is 5.96 Å². The normalized spacial score (nSPS) is 11.5. The summed E-state index contributed by atoms with van der Waals surface area (Å²) >= 11 is 0. The molecule has 1 aromatic rings. The van der Waals surface area contributed by atoms with E-state index in [-0.39, 0.29) is 0 Å². The molecule has 0 bridgehead atoms. The highest BCUT2D eigenvalue weighted by Gasteiger charge is 2.04. The van der Waals surface area contributed by atoms with E-state index in [0.29, 0.717) is 0 Å². The number of rotatable bonds is 12. The van der Waals surface area contributed by atoms with Gasteiger partial charge in [0.2, 0.25) is 0 Å². The number of guanidine groups is 1. The second kappa shape index (κ2) is 12.7. The molecule has 0 fully saturated rings. The number of nitrogens with one attached hydrogen (secondary N) is 1. The number of aryl methyl sites for hydroxylation is 1. The maximum absolute atomic E-state index is 4.72. The largest absolute Gasteiger partial charge is 0.357 e. The van der Waals surface area contributed by atoms with Gasteiger partial charge in [-0.3, -0.25) is 4.99 Å². The number of aliphatic imine (C=N–C) groups is 1. The zero-order chi connectivity index (χ0) is 16.8. The van der Waals surface area contributed by atoms with Crippen molar-refractivity contribution in [2.24, 2.45) is 4.99 Å². The van der Waals surface area contributed by atoms with Crippen molar-refractivity contribution in [2.45, 2.75) is 52.0 Å². The van der Waals surface area contributed by atoms with Crippen molar-refractivity contribution >= 4 is 5.96 Å². The van der Waals surface area contributed by atoms with Crippen LogP contribution in [0.15, 0.2) is 30.3 Å². The molecule has 1 N–H and O–H groups in total. The van der Waals surface area contributed by atoms with Crippen LogP contribution in [0.2, 0.25) is 0 Å². The van der Waals surface area contributed by atoms with E-state index in [1.807, 2.05) is 10.6 Å². The summed E-state index contributed by atoms with van der Waals surface area (Å²) in [5.41, 5.74) is 0. The van der Waals surface area contributed by atoms with Gasteiger partial charge in [-0.25, -0.2) is 0 Å². The third kappa shape index (κ3) is 9.01. The Balaban J connectivity index is 2.23. The van der Waals surface area contributed by atoms with Crippen LogP contribution in [0.1, 0.15) is 45.4 Å². The second-order valence-electron chi connectivity index (χ2n) is 5.70. The van der Waals surface area contributed by atoms with Crippen molar-refractivity contribution in [1.29, 1.82) is 0 Å². The molecule has 0 unspecified atom stereocenters. The monoisotopic (exact) mass is 320 g/mol. The zero-order valence-corrected chi connectivity index (χ0v) is 14.7. The van der Waals surface area contributed by atoms with Gasteiger partial charge in [-0.15, -0.1) is 16.8 Å². The van der Waals surface area contributed by atoms with Crippen LogP contribution in [0.4, 0.5) is 0 Å². The smallest absolute Gasteiger partial charge is 0.193 e. The Morgan fingerprint density at radius 2 is 2.00 bits per heavy atom. The molecule has 0 radical (unpaired) electrons. The van der Waals surface area contributed by atoms with Crippen molar-refractivity contribution in [3.63, 3.8) is 0 Å². The van der Waals surface area contributed by atoms with E-state index < -0.39 is 0 Å². The van der Waals surface area contributed by atoms with Gasteiger partial charge < -0.3 is 14.8 Å². The Morgan fingerprint density at radius 3 is 2.70 bits per heavy atom. The quantitative estimate of drug-likeness (QED) is 0.278. The average Bonchev–Trinajstić information content (AvgIpc) is 3.06. The molecule has 0 amide bonds. The molecule has 0 aliphatic heterocycles. The van der Waals surface area contributed by atoms with Gasteiger partial charge in [0.25, 0.3) is 0 Å². The van der Waals surface area contributed by atoms with Gasteiger partial charge in [0.1, 0.15) is 12.7 Å². The van der Waals surface area contributed by atoms with Crippen molar-refractivity contribution in [3.8, 4) is 0 Å². The first-order chi connectivity index (χ1) is 11.3. The molecule has 130 valence electrons. The molecule has 6 heteroatoms. The maximum Gasteiger partial charge on any atom is 0.193 e. The summed E-state index contributed by atoms with van der Waals surface area (Å²) in [6, 6.07) is 0. The van der Waals surface area contributed by atoms with Crippen molar-refractivity contribution in [3.05, 3.63) is 25.3 Å². The highest BCUT2D eigenvalue weighted by atomic mass is 15.3. The van der Waals surface area contributed by atoms with E-state index in [9.17, 15) is 0 Å². The first-order valence-electron chi connectivity index (χ1n) is 8.70. The number of hydrogen-bond donors (Lipinski definition) is 1. The van der Waals surface area contributed by atoms with Crippen LogP contribution in [-0.2, 0) is 6.54 Å². The number of nitrogens with zero attached hydrogens (tertiary/aromatic N) is 5. The summed E-state index contributed by atoms with van der Waals surface area (Å²) in [6.07, 6.45) is 12.5. The van der Waals surface area contributed by atoms with Crippen LogP contribution in [0, 0.1) is 0 Å². The third-order valence-electron chi connectivity index (χ3n) is 3.65. The number of hydrogen-bond acceptors (Lipinski definition) is 3. The van der Waals surface area contributed by atoms with Gasteiger partial charge in [-0.2, -0.15) is 0 Å². The minimum absolute atomic E-state index is 0.852. The summed E-state index contributed by atoms with van der Waals surface area (Å²) in [5.74, 6) is 1.01. The van der Waals surface area contributed by atoms with Gasteiger partial charge in [0, 0.05) is 33.2 Å². The van der Waals surface area contributed by atoms with E-state index >= 15 is 0 Å². The van der Waals surface area contributed by atoms with Crippen molar-refractivity contribution < 1.29 is 0 Å². The Labute approximate surface area is 140 Å². The van der Waals surface area contributed by atoms with E-state index in [1.165, 1.54) is 19.3 Å². The average molecular weight is 320 g/mol. The Kier molecular flexibility index (Phi) is 10.6. The molecule has 0 aromatic carbocycles. The van der Waals surface area contributed by atoms with Crippen LogP contribution in [0.5, 0.6) is 0 Å². The first kappa shape index (κ1) is 19.2. The summed E-state index contributed by atoms with van der Waals surface area (Å²) in [4.78, 5) is 6.96. The molecule has 0 saturated carbocycles. The molecule has 0 aliphatic rings. The first-order valence-corrected chi connectivity index (χ1v) is 8.70. The van der Waals surface area contributed by atoms with Crippen LogP contribution >= 0.6 is 0 Å². The number of unbranched alkanes of at least 4 members (excludes halogenated alkanes) is 4. The van der Waals surface area contributed by atoms with Gasteiger partial charge in [-0.1, -0.05) is 12.5 Å². The fraction of sp³-hybridized carbons (Fsp3) is 0.706. The lowest BCUT2D eigenvalue weighted by molar-refractivity contribution is 0.454. The highest BCUT2D eigenvalue weighted by Crippen LogP contribution is 2.02. The minimum Gasteiger partial charge on any atom is -0.357 e. The van der Waals surface area contributed by atoms with E-state index in [4.69, 9.17) is 4.99 Å². The molecule has 1 rings (SSSR count). The maximum atomic E-state index is 4.72. The standard InChI is InChI=1S/C17H32N6/c1-4-6-7-8-10-13-22(3)17(18-5-2)19-12-9-11-14-23-15-20-21-16-23/h4,15-16H,1,5-14H2,2-3H3,(H,18,19). The van der Waals surface area contributed by atoms with Gasteiger partial charge >= 0.3 is 0 Å². The van der Waals surface area contributed by atoms with Gasteiger partial charge in [-0.05, 0) is 39.0 Å². The molecule has 1 heterocycles. The summed E-state index contributed by atoms with van der Waals surface area (Å²) in [7, 11) is 2.12. The summed E-state index contributed by atoms with van der Waals surface area (Å²) in [6.45, 7) is 9.63. The van der Waals surface area contributed by atoms with Gasteiger partial charge in [0.05, 0.1) is 0 Å². The Hall–Kier alpha value is -1.85. The number of allylic oxidation sites excluding steroid dienone is 1. The molecule has 0 spiro atoms.